The van der Waals surface area contributed by atoms with Crippen molar-refractivity contribution in [2.24, 2.45) is 0 Å². The fraction of sp³-hybridized carbons (Fsp3) is 0.286. The van der Waals surface area contributed by atoms with Crippen LogP contribution in [0.3, 0.4) is 0 Å². The first-order valence-corrected chi connectivity index (χ1v) is 5.94. The second kappa shape index (κ2) is 5.04. The van der Waals surface area contributed by atoms with Crippen LogP contribution in [-0.4, -0.2) is 35.3 Å². The predicted octanol–water partition coefficient (Wildman–Crippen LogP) is 1.93. The molecule has 0 aliphatic carbocycles. The summed E-state index contributed by atoms with van der Waals surface area (Å²) in [4.78, 5) is 24.6. The van der Waals surface area contributed by atoms with Crippen molar-refractivity contribution in [1.29, 1.82) is 0 Å². The van der Waals surface area contributed by atoms with Gasteiger partial charge < -0.3 is 9.47 Å². The smallest absolute Gasteiger partial charge is 0.242 e. The van der Waals surface area contributed by atoms with Crippen LogP contribution in [0, 0.1) is 0 Å². The van der Waals surface area contributed by atoms with Gasteiger partial charge in [0, 0.05) is 36.3 Å². The molecule has 1 amide bonds. The number of para-hydroxylation sites is 1. The van der Waals surface area contributed by atoms with E-state index in [1.54, 1.807) is 18.1 Å². The highest BCUT2D eigenvalue weighted by atomic mass is 16.2. The van der Waals surface area contributed by atoms with E-state index in [1.165, 1.54) is 0 Å². The summed E-state index contributed by atoms with van der Waals surface area (Å²) >= 11 is 0. The van der Waals surface area contributed by atoms with Gasteiger partial charge in [-0.3, -0.25) is 9.59 Å². The molecule has 0 N–H and O–H groups in total. The first-order valence-electron chi connectivity index (χ1n) is 5.94. The largest absolute Gasteiger partial charge is 0.344 e. The van der Waals surface area contributed by atoms with Crippen LogP contribution < -0.4 is 0 Å². The van der Waals surface area contributed by atoms with Crippen LogP contribution in [0.2, 0.25) is 0 Å². The van der Waals surface area contributed by atoms with Crippen LogP contribution in [-0.2, 0) is 11.3 Å². The molecule has 4 nitrogen and oxygen atoms in total. The number of benzene rings is 1. The zero-order valence-electron chi connectivity index (χ0n) is 10.6. The van der Waals surface area contributed by atoms with E-state index in [0.29, 0.717) is 12.1 Å². The molecule has 1 aromatic heterocycles. The molecule has 4 heteroatoms. The van der Waals surface area contributed by atoms with Crippen molar-refractivity contribution in [2.75, 3.05) is 13.6 Å². The Bertz CT molecular complexity index is 586. The van der Waals surface area contributed by atoms with E-state index in [2.05, 4.69) is 0 Å². The molecule has 0 saturated carbocycles. The van der Waals surface area contributed by atoms with E-state index < -0.39 is 0 Å². The van der Waals surface area contributed by atoms with Crippen molar-refractivity contribution in [2.45, 2.75) is 13.5 Å². The normalized spacial score (nSPS) is 10.6. The van der Waals surface area contributed by atoms with E-state index >= 15 is 0 Å². The Labute approximate surface area is 106 Å². The lowest BCUT2D eigenvalue weighted by atomic mass is 10.2. The van der Waals surface area contributed by atoms with Gasteiger partial charge in [0.15, 0.2) is 6.29 Å². The molecule has 0 aliphatic heterocycles. The maximum Gasteiger partial charge on any atom is 0.242 e. The summed E-state index contributed by atoms with van der Waals surface area (Å²) in [5.74, 6) is 0.0377. The van der Waals surface area contributed by atoms with E-state index in [-0.39, 0.29) is 12.5 Å². The fourth-order valence-electron chi connectivity index (χ4n) is 1.94. The highest BCUT2D eigenvalue weighted by molar-refractivity contribution is 5.98. The second-order valence-corrected chi connectivity index (χ2v) is 4.26. The Hall–Kier alpha value is -2.10. The van der Waals surface area contributed by atoms with Crippen LogP contribution >= 0.6 is 0 Å². The molecule has 0 radical (unpaired) electrons. The molecule has 2 rings (SSSR count). The Morgan fingerprint density at radius 3 is 2.78 bits per heavy atom. The summed E-state index contributed by atoms with van der Waals surface area (Å²) in [6.45, 7) is 2.87. The van der Waals surface area contributed by atoms with Gasteiger partial charge in [0.05, 0.1) is 0 Å². The maximum atomic E-state index is 11.9. The van der Waals surface area contributed by atoms with Crippen LogP contribution in [0.5, 0.6) is 0 Å². The molecule has 0 atom stereocenters. The number of amides is 1. The summed E-state index contributed by atoms with van der Waals surface area (Å²) in [6.07, 6.45) is 2.56. The van der Waals surface area contributed by atoms with Gasteiger partial charge in [-0.25, -0.2) is 0 Å². The van der Waals surface area contributed by atoms with E-state index in [9.17, 15) is 9.59 Å². The molecular weight excluding hydrogens is 228 g/mol. The van der Waals surface area contributed by atoms with Crippen molar-refractivity contribution in [3.8, 4) is 0 Å². The Kier molecular flexibility index (Phi) is 3.46. The third-order valence-electron chi connectivity index (χ3n) is 3.15. The van der Waals surface area contributed by atoms with Crippen LogP contribution in [0.1, 0.15) is 17.3 Å². The fourth-order valence-corrected chi connectivity index (χ4v) is 1.94. The molecule has 0 bridgehead atoms. The molecule has 0 saturated heterocycles. The average Bonchev–Trinajstić information content (AvgIpc) is 2.76. The standard InChI is InChI=1S/C14H16N2O2/c1-3-15(2)14(18)9-16-8-11(10-17)12-6-4-5-7-13(12)16/h4-8,10H,3,9H2,1-2H3. The number of likely N-dealkylation sites (N-methyl/N-ethyl adjacent to an activating group) is 1. The quantitative estimate of drug-likeness (QED) is 0.771. The number of fused-ring (bicyclic) bond motifs is 1. The molecule has 0 fully saturated rings. The molecule has 1 heterocycles. The Morgan fingerprint density at radius 2 is 2.11 bits per heavy atom. The minimum Gasteiger partial charge on any atom is -0.344 e. The van der Waals surface area contributed by atoms with Gasteiger partial charge in [0.2, 0.25) is 5.91 Å². The lowest BCUT2D eigenvalue weighted by Crippen LogP contribution is -2.29. The van der Waals surface area contributed by atoms with Gasteiger partial charge in [-0.05, 0) is 13.0 Å². The molecule has 18 heavy (non-hydrogen) atoms. The van der Waals surface area contributed by atoms with Gasteiger partial charge in [-0.1, -0.05) is 18.2 Å². The zero-order chi connectivity index (χ0) is 13.1. The number of rotatable bonds is 4. The zero-order valence-corrected chi connectivity index (χ0v) is 10.6. The average molecular weight is 244 g/mol. The lowest BCUT2D eigenvalue weighted by Gasteiger charge is -2.15. The van der Waals surface area contributed by atoms with E-state index in [1.807, 2.05) is 35.8 Å². The van der Waals surface area contributed by atoms with E-state index in [0.717, 1.165) is 17.2 Å². The topological polar surface area (TPSA) is 42.3 Å². The molecule has 1 aromatic carbocycles. The van der Waals surface area contributed by atoms with Crippen molar-refractivity contribution in [1.82, 2.24) is 9.47 Å². The summed E-state index contributed by atoms with van der Waals surface area (Å²) < 4.78 is 1.83. The lowest BCUT2D eigenvalue weighted by molar-refractivity contribution is -0.130. The highest BCUT2D eigenvalue weighted by Gasteiger charge is 2.12. The predicted molar refractivity (Wildman–Crippen MR) is 70.6 cm³/mol. The van der Waals surface area contributed by atoms with Crippen molar-refractivity contribution < 1.29 is 9.59 Å². The summed E-state index contributed by atoms with van der Waals surface area (Å²) in [5, 5.41) is 0.888. The first-order chi connectivity index (χ1) is 8.67. The van der Waals surface area contributed by atoms with Gasteiger partial charge in [0.25, 0.3) is 0 Å². The van der Waals surface area contributed by atoms with Gasteiger partial charge in [-0.15, -0.1) is 0 Å². The second-order valence-electron chi connectivity index (χ2n) is 4.26. The van der Waals surface area contributed by atoms with Crippen LogP contribution in [0.4, 0.5) is 0 Å². The summed E-state index contributed by atoms with van der Waals surface area (Å²) in [7, 11) is 1.77. The monoisotopic (exact) mass is 244 g/mol. The number of hydrogen-bond donors (Lipinski definition) is 0. The minimum absolute atomic E-state index is 0.0377. The number of hydrogen-bond acceptors (Lipinski definition) is 2. The SMILES string of the molecule is CCN(C)C(=O)Cn1cc(C=O)c2ccccc21. The molecule has 94 valence electrons. The summed E-state index contributed by atoms with van der Waals surface area (Å²) in [5.41, 5.74) is 1.54. The molecular formula is C14H16N2O2. The van der Waals surface area contributed by atoms with Crippen molar-refractivity contribution >= 4 is 23.1 Å². The number of carbonyl (C=O) groups is 2. The number of aromatic nitrogens is 1. The summed E-state index contributed by atoms with van der Waals surface area (Å²) in [6, 6.07) is 7.60. The van der Waals surface area contributed by atoms with Crippen molar-refractivity contribution in [3.63, 3.8) is 0 Å². The van der Waals surface area contributed by atoms with Crippen molar-refractivity contribution in [3.05, 3.63) is 36.0 Å². The number of nitrogens with zero attached hydrogens (tertiary/aromatic N) is 2. The molecule has 0 aliphatic rings. The number of aldehydes is 1. The Balaban J connectivity index is 2.39. The molecule has 2 aromatic rings. The first kappa shape index (κ1) is 12.4. The third kappa shape index (κ3) is 2.14. The maximum absolute atomic E-state index is 11.9. The van der Waals surface area contributed by atoms with Gasteiger partial charge in [-0.2, -0.15) is 0 Å². The van der Waals surface area contributed by atoms with Gasteiger partial charge >= 0.3 is 0 Å². The van der Waals surface area contributed by atoms with Gasteiger partial charge in [0.1, 0.15) is 6.54 Å². The molecule has 0 spiro atoms. The third-order valence-corrected chi connectivity index (χ3v) is 3.15. The number of carbonyl (C=O) groups excluding carboxylic acids is 2. The Morgan fingerprint density at radius 1 is 1.39 bits per heavy atom. The minimum atomic E-state index is 0.0377. The van der Waals surface area contributed by atoms with Crippen LogP contribution in [0.15, 0.2) is 30.5 Å². The van der Waals surface area contributed by atoms with Crippen LogP contribution in [0.25, 0.3) is 10.9 Å². The molecule has 0 unspecified atom stereocenters. The highest BCUT2D eigenvalue weighted by Crippen LogP contribution is 2.19. The van der Waals surface area contributed by atoms with E-state index in [4.69, 9.17) is 0 Å².